The summed E-state index contributed by atoms with van der Waals surface area (Å²) in [6.45, 7) is 10.8. The first-order valence-electron chi connectivity index (χ1n) is 11.1. The first-order valence-corrected chi connectivity index (χ1v) is 11.1. The molecular formula is C24H33FN4O4. The van der Waals surface area contributed by atoms with Crippen LogP contribution in [0.15, 0.2) is 30.5 Å². The van der Waals surface area contributed by atoms with Crippen molar-refractivity contribution in [1.29, 1.82) is 0 Å². The maximum absolute atomic E-state index is 14.4. The molecule has 2 atom stereocenters. The average molecular weight is 461 g/mol. The van der Waals surface area contributed by atoms with E-state index in [1.165, 1.54) is 0 Å². The van der Waals surface area contributed by atoms with Crippen molar-refractivity contribution in [3.63, 3.8) is 0 Å². The van der Waals surface area contributed by atoms with E-state index in [0.29, 0.717) is 32.0 Å². The Morgan fingerprint density at radius 3 is 2.73 bits per heavy atom. The third kappa shape index (κ3) is 6.69. The zero-order valence-corrected chi connectivity index (χ0v) is 20.2. The lowest BCUT2D eigenvalue weighted by atomic mass is 10.1. The SMILES string of the molecule is COc1cccc(C[C@@H](C)Oc2nc(N3CCN(C(=O)OC(C)(C)C)C[C@H]3C)ncc2F)c1. The summed E-state index contributed by atoms with van der Waals surface area (Å²) in [7, 11) is 1.62. The lowest BCUT2D eigenvalue weighted by Crippen LogP contribution is -2.55. The highest BCUT2D eigenvalue weighted by atomic mass is 19.1. The molecule has 1 aliphatic heterocycles. The molecular weight excluding hydrogens is 427 g/mol. The fraction of sp³-hybridized carbons (Fsp3) is 0.542. The Hall–Kier alpha value is -3.10. The summed E-state index contributed by atoms with van der Waals surface area (Å²) >= 11 is 0. The molecule has 2 heterocycles. The fourth-order valence-corrected chi connectivity index (χ4v) is 3.67. The Labute approximate surface area is 194 Å². The molecule has 1 aliphatic rings. The minimum absolute atomic E-state index is 0.0706. The number of piperazine rings is 1. The molecule has 0 aliphatic carbocycles. The molecule has 1 aromatic carbocycles. The van der Waals surface area contributed by atoms with Crippen LogP contribution in [-0.4, -0.2) is 65.5 Å². The zero-order valence-electron chi connectivity index (χ0n) is 20.2. The molecule has 33 heavy (non-hydrogen) atoms. The summed E-state index contributed by atoms with van der Waals surface area (Å²) < 4.78 is 31.0. The van der Waals surface area contributed by atoms with Gasteiger partial charge in [0, 0.05) is 32.1 Å². The molecule has 0 unspecified atom stereocenters. The number of nitrogens with zero attached hydrogens (tertiary/aromatic N) is 4. The predicted octanol–water partition coefficient (Wildman–Crippen LogP) is 4.08. The number of amides is 1. The van der Waals surface area contributed by atoms with Crippen molar-refractivity contribution in [2.45, 2.75) is 58.8 Å². The maximum Gasteiger partial charge on any atom is 0.410 e. The number of hydrogen-bond donors (Lipinski definition) is 0. The van der Waals surface area contributed by atoms with Crippen molar-refractivity contribution in [1.82, 2.24) is 14.9 Å². The van der Waals surface area contributed by atoms with Gasteiger partial charge in [-0.25, -0.2) is 9.78 Å². The van der Waals surface area contributed by atoms with Crippen LogP contribution in [0, 0.1) is 5.82 Å². The van der Waals surface area contributed by atoms with Crippen LogP contribution in [0.5, 0.6) is 11.6 Å². The number of hydrogen-bond acceptors (Lipinski definition) is 7. The number of anilines is 1. The largest absolute Gasteiger partial charge is 0.497 e. The Kier molecular flexibility index (Phi) is 7.61. The second kappa shape index (κ2) is 10.2. The summed E-state index contributed by atoms with van der Waals surface area (Å²) in [6, 6.07) is 7.60. The Balaban J connectivity index is 1.65. The van der Waals surface area contributed by atoms with Gasteiger partial charge in [0.05, 0.1) is 13.3 Å². The van der Waals surface area contributed by atoms with Crippen LogP contribution in [0.4, 0.5) is 15.1 Å². The minimum atomic E-state index is -0.615. The molecule has 0 bridgehead atoms. The van der Waals surface area contributed by atoms with Crippen LogP contribution in [0.2, 0.25) is 0 Å². The smallest absolute Gasteiger partial charge is 0.410 e. The number of ether oxygens (including phenoxy) is 3. The zero-order chi connectivity index (χ0) is 24.2. The number of carbonyl (C=O) groups excluding carboxylic acids is 1. The number of aromatic nitrogens is 2. The third-order valence-corrected chi connectivity index (χ3v) is 5.21. The molecule has 1 amide bonds. The molecule has 3 rings (SSSR count). The number of carbonyl (C=O) groups is 1. The molecule has 0 N–H and O–H groups in total. The normalized spacial score (nSPS) is 17.5. The van der Waals surface area contributed by atoms with Crippen molar-refractivity contribution in [2.24, 2.45) is 0 Å². The highest BCUT2D eigenvalue weighted by molar-refractivity contribution is 5.68. The van der Waals surface area contributed by atoms with Gasteiger partial charge in [-0.1, -0.05) is 12.1 Å². The van der Waals surface area contributed by atoms with Crippen LogP contribution in [-0.2, 0) is 11.2 Å². The van der Waals surface area contributed by atoms with Gasteiger partial charge in [-0.3, -0.25) is 0 Å². The van der Waals surface area contributed by atoms with E-state index in [1.807, 2.05) is 63.8 Å². The van der Waals surface area contributed by atoms with Crippen molar-refractivity contribution >= 4 is 12.0 Å². The van der Waals surface area contributed by atoms with Gasteiger partial charge in [0.25, 0.3) is 5.88 Å². The Bertz CT molecular complexity index is 966. The summed E-state index contributed by atoms with van der Waals surface area (Å²) in [5.74, 6) is 0.430. The standard InChI is InChI=1S/C24H33FN4O4/c1-16-15-28(23(30)33-24(3,4)5)10-11-29(16)22-26-14-20(25)21(27-22)32-17(2)12-18-8-7-9-19(13-18)31-6/h7-9,13-14,16-17H,10-12,15H2,1-6H3/t16-,17-/m1/s1. The highest BCUT2D eigenvalue weighted by Crippen LogP contribution is 2.24. The van der Waals surface area contributed by atoms with Crippen molar-refractivity contribution < 1.29 is 23.4 Å². The first kappa shape index (κ1) is 24.5. The Morgan fingerprint density at radius 2 is 2.06 bits per heavy atom. The fourth-order valence-electron chi connectivity index (χ4n) is 3.67. The molecule has 0 saturated carbocycles. The van der Waals surface area contributed by atoms with E-state index in [2.05, 4.69) is 9.97 Å². The van der Waals surface area contributed by atoms with Crippen LogP contribution in [0.25, 0.3) is 0 Å². The average Bonchev–Trinajstić information content (AvgIpc) is 2.74. The lowest BCUT2D eigenvalue weighted by molar-refractivity contribution is 0.0218. The van der Waals surface area contributed by atoms with Gasteiger partial charge in [0.15, 0.2) is 0 Å². The van der Waals surface area contributed by atoms with E-state index in [9.17, 15) is 9.18 Å². The maximum atomic E-state index is 14.4. The van der Waals surface area contributed by atoms with E-state index in [0.717, 1.165) is 17.5 Å². The predicted molar refractivity (Wildman–Crippen MR) is 123 cm³/mol. The van der Waals surface area contributed by atoms with Gasteiger partial charge in [0.1, 0.15) is 17.5 Å². The van der Waals surface area contributed by atoms with Gasteiger partial charge in [0.2, 0.25) is 11.8 Å². The van der Waals surface area contributed by atoms with Gasteiger partial charge < -0.3 is 24.0 Å². The molecule has 1 fully saturated rings. The number of rotatable bonds is 6. The van der Waals surface area contributed by atoms with Crippen LogP contribution < -0.4 is 14.4 Å². The third-order valence-electron chi connectivity index (χ3n) is 5.21. The molecule has 0 spiro atoms. The molecule has 9 heteroatoms. The second-order valence-electron chi connectivity index (χ2n) is 9.28. The second-order valence-corrected chi connectivity index (χ2v) is 9.28. The first-order chi connectivity index (χ1) is 15.6. The van der Waals surface area contributed by atoms with Crippen molar-refractivity contribution in [3.8, 4) is 11.6 Å². The van der Waals surface area contributed by atoms with Crippen molar-refractivity contribution in [2.75, 3.05) is 31.6 Å². The van der Waals surface area contributed by atoms with E-state index in [1.54, 1.807) is 12.0 Å². The monoisotopic (exact) mass is 460 g/mol. The lowest BCUT2D eigenvalue weighted by Gasteiger charge is -2.40. The molecule has 1 aromatic heterocycles. The molecule has 8 nitrogen and oxygen atoms in total. The molecule has 0 radical (unpaired) electrons. The number of methoxy groups -OCH3 is 1. The van der Waals surface area contributed by atoms with E-state index in [4.69, 9.17) is 14.2 Å². The molecule has 2 aromatic rings. The van der Waals surface area contributed by atoms with Crippen LogP contribution in [0.3, 0.4) is 0 Å². The summed E-state index contributed by atoms with van der Waals surface area (Å²) in [6.07, 6.45) is 1.05. The molecule has 180 valence electrons. The topological polar surface area (TPSA) is 77.0 Å². The number of halogens is 1. The summed E-state index contributed by atoms with van der Waals surface area (Å²) in [5.41, 5.74) is 0.467. The van der Waals surface area contributed by atoms with Crippen molar-refractivity contribution in [3.05, 3.63) is 41.8 Å². The van der Waals surface area contributed by atoms with Crippen LogP contribution in [0.1, 0.15) is 40.2 Å². The van der Waals surface area contributed by atoms with Gasteiger partial charge in [-0.2, -0.15) is 9.37 Å². The molecule has 1 saturated heterocycles. The van der Waals surface area contributed by atoms with Gasteiger partial charge >= 0.3 is 6.09 Å². The van der Waals surface area contributed by atoms with E-state index < -0.39 is 11.4 Å². The number of benzene rings is 1. The Morgan fingerprint density at radius 1 is 1.30 bits per heavy atom. The van der Waals surface area contributed by atoms with Gasteiger partial charge in [-0.15, -0.1) is 0 Å². The quantitative estimate of drug-likeness (QED) is 0.643. The van der Waals surface area contributed by atoms with Crippen LogP contribution >= 0.6 is 0 Å². The van der Waals surface area contributed by atoms with E-state index >= 15 is 0 Å². The summed E-state index contributed by atoms with van der Waals surface area (Å²) in [4.78, 5) is 24.5. The highest BCUT2D eigenvalue weighted by Gasteiger charge is 2.31. The minimum Gasteiger partial charge on any atom is -0.497 e. The summed E-state index contributed by atoms with van der Waals surface area (Å²) in [5, 5.41) is 0. The van der Waals surface area contributed by atoms with Gasteiger partial charge in [-0.05, 0) is 52.3 Å². The van der Waals surface area contributed by atoms with E-state index in [-0.39, 0.29) is 24.1 Å².